The highest BCUT2D eigenvalue weighted by Gasteiger charge is 2.42. The molecule has 5 heteroatoms. The van der Waals surface area contributed by atoms with Crippen LogP contribution in [0.1, 0.15) is 36.0 Å². The molecule has 1 aromatic heterocycles. The van der Waals surface area contributed by atoms with Crippen LogP contribution in [0.5, 0.6) is 0 Å². The number of hydrogen-bond acceptors (Lipinski definition) is 2. The quantitative estimate of drug-likeness (QED) is 0.726. The molecule has 0 spiro atoms. The summed E-state index contributed by atoms with van der Waals surface area (Å²) in [6.45, 7) is 0. The first-order chi connectivity index (χ1) is 7.98. The number of rotatable bonds is 2. The van der Waals surface area contributed by atoms with Crippen LogP contribution in [0.15, 0.2) is 16.8 Å². The number of Topliss-reactive ketones (excluding diaryl/α,β-unsaturated/α-hetero) is 1. The molecule has 0 aliphatic heterocycles. The predicted octanol–water partition coefficient (Wildman–Crippen LogP) is 4.30. The van der Waals surface area contributed by atoms with E-state index in [-0.39, 0.29) is 24.5 Å². The Hall–Kier alpha value is -0.840. The van der Waals surface area contributed by atoms with E-state index in [1.807, 2.05) is 5.38 Å². The van der Waals surface area contributed by atoms with Crippen LogP contribution in [0.4, 0.5) is 13.2 Å². The molecule has 0 saturated heterocycles. The number of carbonyl (C=O) groups excluding carboxylic acids is 1. The first-order valence-corrected chi connectivity index (χ1v) is 6.56. The number of halogens is 3. The van der Waals surface area contributed by atoms with Gasteiger partial charge in [0.05, 0.1) is 5.92 Å². The number of hydrogen-bond donors (Lipinski definition) is 0. The average Bonchev–Trinajstić information content (AvgIpc) is 2.80. The van der Waals surface area contributed by atoms with E-state index in [0.29, 0.717) is 18.4 Å². The first-order valence-electron chi connectivity index (χ1n) is 5.61. The zero-order chi connectivity index (χ0) is 12.5. The van der Waals surface area contributed by atoms with Gasteiger partial charge < -0.3 is 0 Å². The van der Waals surface area contributed by atoms with Crippen LogP contribution in [0.25, 0.3) is 0 Å². The molecule has 1 fully saturated rings. The molecule has 0 aromatic carbocycles. The van der Waals surface area contributed by atoms with Gasteiger partial charge in [-0.25, -0.2) is 0 Å². The van der Waals surface area contributed by atoms with Gasteiger partial charge in [-0.3, -0.25) is 4.79 Å². The maximum atomic E-state index is 12.5. The van der Waals surface area contributed by atoms with E-state index >= 15 is 0 Å². The summed E-state index contributed by atoms with van der Waals surface area (Å²) in [4.78, 5) is 11.9. The summed E-state index contributed by atoms with van der Waals surface area (Å²) >= 11 is 1.44. The Morgan fingerprint density at radius 3 is 2.35 bits per heavy atom. The van der Waals surface area contributed by atoms with E-state index in [9.17, 15) is 18.0 Å². The van der Waals surface area contributed by atoms with E-state index in [2.05, 4.69) is 0 Å². The standard InChI is InChI=1S/C12H13F3OS/c13-12(14,15)10-3-1-8(2-4-10)11(16)9-5-6-17-7-9/h5-8,10H,1-4H2. The van der Waals surface area contributed by atoms with Gasteiger partial charge >= 0.3 is 6.18 Å². The molecule has 0 radical (unpaired) electrons. The first kappa shape index (κ1) is 12.6. The summed E-state index contributed by atoms with van der Waals surface area (Å²) in [5, 5.41) is 3.58. The van der Waals surface area contributed by atoms with E-state index in [1.165, 1.54) is 11.3 Å². The number of carbonyl (C=O) groups is 1. The molecule has 0 N–H and O–H groups in total. The van der Waals surface area contributed by atoms with Crippen LogP contribution in [0.2, 0.25) is 0 Å². The Bertz CT molecular complexity index is 375. The smallest absolute Gasteiger partial charge is 0.294 e. The maximum absolute atomic E-state index is 12.5. The minimum absolute atomic E-state index is 0.00637. The molecule has 1 aromatic rings. The fourth-order valence-electron chi connectivity index (χ4n) is 2.32. The van der Waals surface area contributed by atoms with E-state index < -0.39 is 12.1 Å². The highest BCUT2D eigenvalue weighted by molar-refractivity contribution is 7.08. The van der Waals surface area contributed by atoms with Crippen molar-refractivity contribution in [2.24, 2.45) is 11.8 Å². The largest absolute Gasteiger partial charge is 0.391 e. The van der Waals surface area contributed by atoms with Gasteiger partial charge in [0.15, 0.2) is 5.78 Å². The normalized spacial score (nSPS) is 25.8. The Balaban J connectivity index is 1.94. The van der Waals surface area contributed by atoms with E-state index in [0.717, 1.165) is 0 Å². The second kappa shape index (κ2) is 4.80. The molecule has 1 saturated carbocycles. The van der Waals surface area contributed by atoms with E-state index in [4.69, 9.17) is 0 Å². The SMILES string of the molecule is O=C(c1ccsc1)C1CCC(C(F)(F)F)CC1. The summed E-state index contributed by atoms with van der Waals surface area (Å²) in [6, 6.07) is 1.74. The van der Waals surface area contributed by atoms with Gasteiger partial charge in [-0.15, -0.1) is 0 Å². The summed E-state index contributed by atoms with van der Waals surface area (Å²) in [5.41, 5.74) is 0.644. The van der Waals surface area contributed by atoms with Crippen molar-refractivity contribution >= 4 is 17.1 Å². The lowest BCUT2D eigenvalue weighted by atomic mass is 9.79. The van der Waals surface area contributed by atoms with Crippen molar-refractivity contribution in [3.05, 3.63) is 22.4 Å². The molecule has 1 aliphatic rings. The van der Waals surface area contributed by atoms with Crippen molar-refractivity contribution in [3.8, 4) is 0 Å². The predicted molar refractivity (Wildman–Crippen MR) is 60.2 cm³/mol. The Morgan fingerprint density at radius 1 is 1.24 bits per heavy atom. The van der Waals surface area contributed by atoms with Gasteiger partial charge in [0, 0.05) is 16.9 Å². The van der Waals surface area contributed by atoms with Gasteiger partial charge in [0.1, 0.15) is 0 Å². The Morgan fingerprint density at radius 2 is 1.88 bits per heavy atom. The highest BCUT2D eigenvalue weighted by Crippen LogP contribution is 2.40. The molecule has 0 unspecified atom stereocenters. The zero-order valence-corrected chi connectivity index (χ0v) is 9.98. The fourth-order valence-corrected chi connectivity index (χ4v) is 2.97. The minimum atomic E-state index is -4.10. The summed E-state index contributed by atoms with van der Waals surface area (Å²) < 4.78 is 37.4. The minimum Gasteiger partial charge on any atom is -0.294 e. The molecule has 0 bridgehead atoms. The van der Waals surface area contributed by atoms with Crippen LogP contribution in [-0.2, 0) is 0 Å². The van der Waals surface area contributed by atoms with Gasteiger partial charge in [0.25, 0.3) is 0 Å². The molecule has 1 heterocycles. The number of thiophene rings is 1. The molecule has 0 atom stereocenters. The van der Waals surface area contributed by atoms with Crippen LogP contribution in [0, 0.1) is 11.8 Å². The maximum Gasteiger partial charge on any atom is 0.391 e. The van der Waals surface area contributed by atoms with Crippen LogP contribution >= 0.6 is 11.3 Å². The molecule has 1 aliphatic carbocycles. The highest BCUT2D eigenvalue weighted by atomic mass is 32.1. The van der Waals surface area contributed by atoms with Crippen molar-refractivity contribution in [3.63, 3.8) is 0 Å². The monoisotopic (exact) mass is 262 g/mol. The third-order valence-electron chi connectivity index (χ3n) is 3.37. The van der Waals surface area contributed by atoms with Crippen molar-refractivity contribution in [1.82, 2.24) is 0 Å². The van der Waals surface area contributed by atoms with Gasteiger partial charge in [-0.1, -0.05) is 0 Å². The third kappa shape index (κ3) is 2.89. The van der Waals surface area contributed by atoms with Gasteiger partial charge in [0.2, 0.25) is 0 Å². The Labute approximate surface area is 102 Å². The van der Waals surface area contributed by atoms with Crippen LogP contribution in [-0.4, -0.2) is 12.0 Å². The van der Waals surface area contributed by atoms with Crippen LogP contribution in [0.3, 0.4) is 0 Å². The molecule has 1 nitrogen and oxygen atoms in total. The number of alkyl halides is 3. The lowest BCUT2D eigenvalue weighted by Gasteiger charge is -2.28. The molecular weight excluding hydrogens is 249 g/mol. The van der Waals surface area contributed by atoms with Crippen molar-refractivity contribution in [1.29, 1.82) is 0 Å². The molecule has 17 heavy (non-hydrogen) atoms. The molecule has 2 rings (SSSR count). The number of ketones is 1. The zero-order valence-electron chi connectivity index (χ0n) is 9.17. The lowest BCUT2D eigenvalue weighted by molar-refractivity contribution is -0.183. The Kier molecular flexibility index (Phi) is 3.56. The average molecular weight is 262 g/mol. The van der Waals surface area contributed by atoms with Crippen molar-refractivity contribution in [2.45, 2.75) is 31.9 Å². The van der Waals surface area contributed by atoms with Crippen molar-refractivity contribution in [2.75, 3.05) is 0 Å². The second-order valence-corrected chi connectivity index (χ2v) is 5.25. The fraction of sp³-hybridized carbons (Fsp3) is 0.583. The van der Waals surface area contributed by atoms with Crippen LogP contribution < -0.4 is 0 Å². The van der Waals surface area contributed by atoms with Crippen molar-refractivity contribution < 1.29 is 18.0 Å². The molecular formula is C12H13F3OS. The molecule has 0 amide bonds. The lowest BCUT2D eigenvalue weighted by Crippen LogP contribution is -2.30. The molecule has 94 valence electrons. The van der Waals surface area contributed by atoms with Gasteiger partial charge in [-0.05, 0) is 37.1 Å². The van der Waals surface area contributed by atoms with Gasteiger partial charge in [-0.2, -0.15) is 24.5 Å². The topological polar surface area (TPSA) is 17.1 Å². The second-order valence-electron chi connectivity index (χ2n) is 4.47. The summed E-state index contributed by atoms with van der Waals surface area (Å²) in [5.74, 6) is -1.43. The summed E-state index contributed by atoms with van der Waals surface area (Å²) in [7, 11) is 0. The third-order valence-corrected chi connectivity index (χ3v) is 4.05. The van der Waals surface area contributed by atoms with E-state index in [1.54, 1.807) is 11.4 Å². The summed E-state index contributed by atoms with van der Waals surface area (Å²) in [6.07, 6.45) is -3.21.